The Morgan fingerprint density at radius 1 is 0.789 bits per heavy atom. The standard InChI is InChI=1S/C18H14S/c19-17-13-7-12-16(14-8-3-1-4-9-14)18(17)15-10-5-2-6-11-15/h1-13,18H. The average Bonchev–Trinajstić information content (AvgIpc) is 2.49. The molecule has 0 aromatic heterocycles. The normalized spacial score (nSPS) is 18.2. The fraction of sp³-hybridized carbons (Fsp3) is 0.0556. The summed E-state index contributed by atoms with van der Waals surface area (Å²) in [5.74, 6) is 0.184. The lowest BCUT2D eigenvalue weighted by Crippen LogP contribution is -2.13. The van der Waals surface area contributed by atoms with Crippen molar-refractivity contribution < 1.29 is 0 Å². The van der Waals surface area contributed by atoms with E-state index < -0.39 is 0 Å². The first kappa shape index (κ1) is 12.1. The fourth-order valence-corrected chi connectivity index (χ4v) is 2.82. The Bertz CT molecular complexity index is 636. The summed E-state index contributed by atoms with van der Waals surface area (Å²) in [5, 5.41) is 0. The third kappa shape index (κ3) is 2.42. The zero-order valence-corrected chi connectivity index (χ0v) is 11.3. The van der Waals surface area contributed by atoms with Gasteiger partial charge in [0.15, 0.2) is 0 Å². The van der Waals surface area contributed by atoms with E-state index in [-0.39, 0.29) is 5.92 Å². The second-order valence-corrected chi connectivity index (χ2v) is 5.06. The highest BCUT2D eigenvalue weighted by molar-refractivity contribution is 7.80. The molecule has 3 rings (SSSR count). The molecule has 0 bridgehead atoms. The van der Waals surface area contributed by atoms with Crippen molar-refractivity contribution in [3.8, 4) is 0 Å². The molecule has 1 unspecified atom stereocenters. The summed E-state index contributed by atoms with van der Waals surface area (Å²) in [6.07, 6.45) is 6.24. The Morgan fingerprint density at radius 3 is 2.11 bits per heavy atom. The summed E-state index contributed by atoms with van der Waals surface area (Å²) in [5.41, 5.74) is 3.77. The topological polar surface area (TPSA) is 0 Å². The van der Waals surface area contributed by atoms with Crippen molar-refractivity contribution in [2.24, 2.45) is 0 Å². The van der Waals surface area contributed by atoms with Crippen LogP contribution in [0.1, 0.15) is 17.0 Å². The van der Waals surface area contributed by atoms with Crippen LogP contribution in [0.15, 0.2) is 78.9 Å². The Labute approximate surface area is 119 Å². The van der Waals surface area contributed by atoms with Gasteiger partial charge in [-0.05, 0) is 22.8 Å². The van der Waals surface area contributed by atoms with Gasteiger partial charge >= 0.3 is 0 Å². The zero-order valence-electron chi connectivity index (χ0n) is 10.5. The Hall–Kier alpha value is -1.99. The number of hydrogen-bond donors (Lipinski definition) is 0. The van der Waals surface area contributed by atoms with Gasteiger partial charge in [-0.25, -0.2) is 0 Å². The van der Waals surface area contributed by atoms with Crippen LogP contribution in [0.4, 0.5) is 0 Å². The van der Waals surface area contributed by atoms with Crippen molar-refractivity contribution in [1.29, 1.82) is 0 Å². The fourth-order valence-electron chi connectivity index (χ4n) is 2.48. The molecule has 19 heavy (non-hydrogen) atoms. The van der Waals surface area contributed by atoms with E-state index in [4.69, 9.17) is 12.2 Å². The molecule has 0 amide bonds. The van der Waals surface area contributed by atoms with Crippen molar-refractivity contribution in [1.82, 2.24) is 0 Å². The molecule has 2 aromatic rings. The van der Waals surface area contributed by atoms with E-state index >= 15 is 0 Å². The van der Waals surface area contributed by atoms with Crippen LogP contribution in [0.2, 0.25) is 0 Å². The molecule has 1 atom stereocenters. The van der Waals surface area contributed by atoms with Gasteiger partial charge in [0.2, 0.25) is 0 Å². The maximum atomic E-state index is 5.56. The second kappa shape index (κ2) is 5.33. The summed E-state index contributed by atoms with van der Waals surface area (Å²) < 4.78 is 0. The highest BCUT2D eigenvalue weighted by Gasteiger charge is 2.22. The molecule has 0 nitrogen and oxygen atoms in total. The van der Waals surface area contributed by atoms with Crippen molar-refractivity contribution in [2.75, 3.05) is 0 Å². The van der Waals surface area contributed by atoms with E-state index in [1.165, 1.54) is 16.7 Å². The molecule has 0 heterocycles. The molecule has 0 saturated carbocycles. The Kier molecular flexibility index (Phi) is 3.39. The minimum Gasteiger partial charge on any atom is -0.0839 e. The van der Waals surface area contributed by atoms with Crippen LogP contribution in [0.3, 0.4) is 0 Å². The number of rotatable bonds is 2. The number of benzene rings is 2. The van der Waals surface area contributed by atoms with Gasteiger partial charge in [-0.3, -0.25) is 0 Å². The monoisotopic (exact) mass is 262 g/mol. The summed E-state index contributed by atoms with van der Waals surface area (Å²) in [6.45, 7) is 0. The van der Waals surface area contributed by atoms with Gasteiger partial charge in [-0.15, -0.1) is 0 Å². The number of hydrogen-bond acceptors (Lipinski definition) is 1. The highest BCUT2D eigenvalue weighted by Crippen LogP contribution is 2.36. The van der Waals surface area contributed by atoms with Crippen LogP contribution in [0, 0.1) is 0 Å². The molecule has 0 N–H and O–H groups in total. The summed E-state index contributed by atoms with van der Waals surface area (Å²) >= 11 is 5.56. The minimum absolute atomic E-state index is 0.184. The lowest BCUT2D eigenvalue weighted by Gasteiger charge is -2.23. The Morgan fingerprint density at radius 2 is 1.42 bits per heavy atom. The van der Waals surface area contributed by atoms with E-state index in [1.807, 2.05) is 24.3 Å². The van der Waals surface area contributed by atoms with Crippen LogP contribution < -0.4 is 0 Å². The van der Waals surface area contributed by atoms with Gasteiger partial charge in [0, 0.05) is 10.8 Å². The SMILES string of the molecule is S=C1C=CC=C(c2ccccc2)C1c1ccccc1. The third-order valence-corrected chi connectivity index (χ3v) is 3.74. The quantitative estimate of drug-likeness (QED) is 0.701. The predicted molar refractivity (Wildman–Crippen MR) is 85.3 cm³/mol. The Balaban J connectivity index is 2.09. The lowest BCUT2D eigenvalue weighted by molar-refractivity contribution is 1.18. The van der Waals surface area contributed by atoms with Crippen molar-refractivity contribution in [3.63, 3.8) is 0 Å². The van der Waals surface area contributed by atoms with Crippen molar-refractivity contribution >= 4 is 22.7 Å². The molecule has 0 aliphatic heterocycles. The predicted octanol–water partition coefficient (Wildman–Crippen LogP) is 4.79. The molecule has 92 valence electrons. The van der Waals surface area contributed by atoms with Gasteiger partial charge in [0.25, 0.3) is 0 Å². The van der Waals surface area contributed by atoms with Crippen LogP contribution in [-0.2, 0) is 0 Å². The van der Waals surface area contributed by atoms with Gasteiger partial charge in [-0.1, -0.05) is 85.0 Å². The first-order valence-corrected chi connectivity index (χ1v) is 6.79. The molecule has 2 aromatic carbocycles. The molecule has 0 spiro atoms. The van der Waals surface area contributed by atoms with Crippen LogP contribution >= 0.6 is 12.2 Å². The van der Waals surface area contributed by atoms with Crippen LogP contribution in [-0.4, -0.2) is 4.86 Å². The van der Waals surface area contributed by atoms with Crippen LogP contribution in [0.25, 0.3) is 5.57 Å². The van der Waals surface area contributed by atoms with Crippen molar-refractivity contribution in [2.45, 2.75) is 5.92 Å². The number of allylic oxidation sites excluding steroid dienone is 4. The second-order valence-electron chi connectivity index (χ2n) is 4.59. The van der Waals surface area contributed by atoms with E-state index in [9.17, 15) is 0 Å². The maximum Gasteiger partial charge on any atom is 0.0448 e. The molecule has 0 fully saturated rings. The minimum atomic E-state index is 0.184. The van der Waals surface area contributed by atoms with Crippen molar-refractivity contribution in [3.05, 3.63) is 90.0 Å². The molecular formula is C18H14S. The van der Waals surface area contributed by atoms with Gasteiger partial charge in [-0.2, -0.15) is 0 Å². The zero-order chi connectivity index (χ0) is 13.1. The van der Waals surface area contributed by atoms with Gasteiger partial charge < -0.3 is 0 Å². The first-order chi connectivity index (χ1) is 9.36. The molecule has 1 heteroatoms. The molecule has 0 saturated heterocycles. The van der Waals surface area contributed by atoms with Gasteiger partial charge in [0.1, 0.15) is 0 Å². The van der Waals surface area contributed by atoms with E-state index in [1.54, 1.807) is 0 Å². The summed E-state index contributed by atoms with van der Waals surface area (Å²) in [6, 6.07) is 20.9. The van der Waals surface area contributed by atoms with Crippen LogP contribution in [0.5, 0.6) is 0 Å². The number of thiocarbonyl (C=S) groups is 1. The molecule has 1 aliphatic carbocycles. The van der Waals surface area contributed by atoms with E-state index in [2.05, 4.69) is 54.6 Å². The van der Waals surface area contributed by atoms with E-state index in [0.29, 0.717) is 0 Å². The maximum absolute atomic E-state index is 5.56. The summed E-state index contributed by atoms with van der Waals surface area (Å²) in [7, 11) is 0. The average molecular weight is 262 g/mol. The molecule has 0 radical (unpaired) electrons. The molecular weight excluding hydrogens is 248 g/mol. The smallest absolute Gasteiger partial charge is 0.0448 e. The largest absolute Gasteiger partial charge is 0.0839 e. The molecule has 1 aliphatic rings. The third-order valence-electron chi connectivity index (χ3n) is 3.37. The highest BCUT2D eigenvalue weighted by atomic mass is 32.1. The lowest BCUT2D eigenvalue weighted by atomic mass is 9.82. The summed E-state index contributed by atoms with van der Waals surface area (Å²) in [4.78, 5) is 0.979. The first-order valence-electron chi connectivity index (χ1n) is 6.39. The van der Waals surface area contributed by atoms with E-state index in [0.717, 1.165) is 4.86 Å². The van der Waals surface area contributed by atoms with Gasteiger partial charge in [0.05, 0.1) is 0 Å².